The minimum absolute atomic E-state index is 0.151. The molecule has 1 N–H and O–H groups in total. The summed E-state index contributed by atoms with van der Waals surface area (Å²) >= 11 is 0. The Labute approximate surface area is 88.2 Å². The zero-order chi connectivity index (χ0) is 11.6. The molecule has 0 bridgehead atoms. The topological polar surface area (TPSA) is 91.5 Å². The second-order valence-corrected chi connectivity index (χ2v) is 5.09. The van der Waals surface area contributed by atoms with Gasteiger partial charge in [0.15, 0.2) is 7.05 Å². The second kappa shape index (κ2) is 4.09. The van der Waals surface area contributed by atoms with Crippen LogP contribution in [0.2, 0.25) is 0 Å². The van der Waals surface area contributed by atoms with Crippen LogP contribution in [0.15, 0.2) is 29.2 Å². The molecule has 0 aliphatic rings. The predicted molar refractivity (Wildman–Crippen MR) is 51.0 cm³/mol. The monoisotopic (exact) mass is 250 g/mol. The number of benzene rings is 1. The highest BCUT2D eigenvalue weighted by atomic mass is 32.2. The van der Waals surface area contributed by atoms with Gasteiger partial charge >= 0.3 is 10.5 Å². The molecule has 0 atom stereocenters. The van der Waals surface area contributed by atoms with Gasteiger partial charge in [-0.15, -0.1) is 8.42 Å². The molecule has 0 spiro atoms. The van der Waals surface area contributed by atoms with Crippen LogP contribution in [0.1, 0.15) is 0 Å². The third-order valence-electron chi connectivity index (χ3n) is 1.70. The summed E-state index contributed by atoms with van der Waals surface area (Å²) in [5.41, 5.74) is 0.151. The van der Waals surface area contributed by atoms with Crippen molar-refractivity contribution in [2.24, 2.45) is 0 Å². The SMILES string of the molecule is C[N+](c1cccc(S(=O)(=O)O)c1)=S(=O)=O. The van der Waals surface area contributed by atoms with Gasteiger partial charge in [0, 0.05) is 12.1 Å². The molecule has 15 heavy (non-hydrogen) atoms. The fraction of sp³-hybridized carbons (Fsp3) is 0.143. The van der Waals surface area contributed by atoms with E-state index in [-0.39, 0.29) is 10.6 Å². The van der Waals surface area contributed by atoms with Crippen LogP contribution in [-0.2, 0) is 20.6 Å². The number of hydrogen-bond donors (Lipinski definition) is 1. The Morgan fingerprint density at radius 1 is 1.33 bits per heavy atom. The summed E-state index contributed by atoms with van der Waals surface area (Å²) in [6.07, 6.45) is 0. The maximum atomic E-state index is 10.8. The van der Waals surface area contributed by atoms with E-state index < -0.39 is 20.6 Å². The van der Waals surface area contributed by atoms with Crippen LogP contribution >= 0.6 is 0 Å². The highest BCUT2D eigenvalue weighted by molar-refractivity contribution is 7.85. The first-order valence-electron chi connectivity index (χ1n) is 3.73. The molecular formula is C7H8NO5S2+. The van der Waals surface area contributed by atoms with Crippen molar-refractivity contribution in [3.63, 3.8) is 0 Å². The molecule has 6 nitrogen and oxygen atoms in total. The van der Waals surface area contributed by atoms with Crippen molar-refractivity contribution < 1.29 is 25.3 Å². The van der Waals surface area contributed by atoms with Gasteiger partial charge < -0.3 is 0 Å². The molecule has 82 valence electrons. The first kappa shape index (κ1) is 11.8. The fourth-order valence-electron chi connectivity index (χ4n) is 0.926. The molecule has 0 saturated carbocycles. The van der Waals surface area contributed by atoms with E-state index in [0.717, 1.165) is 10.0 Å². The van der Waals surface area contributed by atoms with E-state index in [4.69, 9.17) is 4.55 Å². The first-order chi connectivity index (χ1) is 6.82. The largest absolute Gasteiger partial charge is 0.464 e. The Hall–Kier alpha value is -1.25. The molecule has 0 aliphatic carbocycles. The summed E-state index contributed by atoms with van der Waals surface area (Å²) in [5, 5.41) is 0. The molecule has 1 aromatic carbocycles. The molecule has 0 aliphatic heterocycles. The summed E-state index contributed by atoms with van der Waals surface area (Å²) in [7, 11) is -5.55. The number of rotatable bonds is 2. The molecule has 1 rings (SSSR count). The van der Waals surface area contributed by atoms with Crippen LogP contribution in [0.25, 0.3) is 0 Å². The Morgan fingerprint density at radius 3 is 2.40 bits per heavy atom. The molecule has 0 heterocycles. The molecule has 0 fully saturated rings. The van der Waals surface area contributed by atoms with E-state index in [1.54, 1.807) is 0 Å². The van der Waals surface area contributed by atoms with Crippen molar-refractivity contribution in [1.82, 2.24) is 0 Å². The van der Waals surface area contributed by atoms with Gasteiger partial charge in [0.05, 0.1) is 0 Å². The molecule has 0 saturated heterocycles. The van der Waals surface area contributed by atoms with Crippen LogP contribution < -0.4 is 0 Å². The number of nitrogens with zero attached hydrogens (tertiary/aromatic N) is 1. The van der Waals surface area contributed by atoms with Crippen molar-refractivity contribution in [2.75, 3.05) is 7.05 Å². The summed E-state index contributed by atoms with van der Waals surface area (Å²) in [5.74, 6) is 0. The molecule has 8 heteroatoms. The first-order valence-corrected chi connectivity index (χ1v) is 6.20. The minimum Gasteiger partial charge on any atom is -0.282 e. The van der Waals surface area contributed by atoms with E-state index in [1.807, 2.05) is 0 Å². The molecule has 0 radical (unpaired) electrons. The lowest BCUT2D eigenvalue weighted by atomic mass is 10.3. The Bertz CT molecular complexity index is 607. The predicted octanol–water partition coefficient (Wildman–Crippen LogP) is 0.270. The smallest absolute Gasteiger partial charge is 0.282 e. The van der Waals surface area contributed by atoms with Gasteiger partial charge in [0.2, 0.25) is 5.69 Å². The summed E-state index contributed by atoms with van der Waals surface area (Å²) < 4.78 is 52.2. The summed E-state index contributed by atoms with van der Waals surface area (Å²) in [6, 6.07) is 4.97. The van der Waals surface area contributed by atoms with Crippen LogP contribution in [0.3, 0.4) is 0 Å². The average Bonchev–Trinajstić information content (AvgIpc) is 2.15. The Kier molecular flexibility index (Phi) is 3.22. The third-order valence-corrected chi connectivity index (χ3v) is 3.21. The van der Waals surface area contributed by atoms with Crippen molar-refractivity contribution in [2.45, 2.75) is 4.90 Å². The lowest BCUT2D eigenvalue weighted by Gasteiger charge is -1.95. The van der Waals surface area contributed by atoms with Gasteiger partial charge in [-0.3, -0.25) is 4.55 Å². The Morgan fingerprint density at radius 2 is 1.93 bits per heavy atom. The quantitative estimate of drug-likeness (QED) is 0.601. The lowest BCUT2D eigenvalue weighted by molar-refractivity contribution is -0.377. The van der Waals surface area contributed by atoms with Gasteiger partial charge in [0.25, 0.3) is 10.1 Å². The molecule has 0 unspecified atom stereocenters. The Balaban J connectivity index is 3.46. The molecular weight excluding hydrogens is 242 g/mol. The minimum atomic E-state index is -4.31. The highest BCUT2D eigenvalue weighted by Gasteiger charge is 2.14. The van der Waals surface area contributed by atoms with Crippen molar-refractivity contribution in [1.29, 1.82) is 0 Å². The zero-order valence-electron chi connectivity index (χ0n) is 7.65. The van der Waals surface area contributed by atoms with Crippen LogP contribution in [0, 0.1) is 0 Å². The highest BCUT2D eigenvalue weighted by Crippen LogP contribution is 2.16. The van der Waals surface area contributed by atoms with E-state index >= 15 is 0 Å². The van der Waals surface area contributed by atoms with E-state index in [1.165, 1.54) is 25.2 Å². The zero-order valence-corrected chi connectivity index (χ0v) is 9.29. The molecule has 0 amide bonds. The van der Waals surface area contributed by atoms with Gasteiger partial charge in [-0.05, 0) is 6.07 Å². The molecule has 1 aromatic rings. The maximum absolute atomic E-state index is 10.8. The van der Waals surface area contributed by atoms with Crippen molar-refractivity contribution in [3.8, 4) is 0 Å². The van der Waals surface area contributed by atoms with Gasteiger partial charge in [-0.25, -0.2) is 0 Å². The summed E-state index contributed by atoms with van der Waals surface area (Å²) in [4.78, 5) is -0.350. The normalized spacial score (nSPS) is 11.1. The van der Waals surface area contributed by atoms with Crippen molar-refractivity contribution in [3.05, 3.63) is 24.3 Å². The fourth-order valence-corrected chi connectivity index (χ4v) is 1.73. The average molecular weight is 250 g/mol. The van der Waals surface area contributed by atoms with Crippen LogP contribution in [0.5, 0.6) is 0 Å². The maximum Gasteiger partial charge on any atom is 0.464 e. The van der Waals surface area contributed by atoms with E-state index in [2.05, 4.69) is 0 Å². The second-order valence-electron chi connectivity index (χ2n) is 2.69. The standard InChI is InChI=1S/C7H7NO5S2/c1-8(14(9)10)6-3-2-4-7(5-6)15(11,12)13/h2-5H,1H3/p+1. The van der Waals surface area contributed by atoms with Gasteiger partial charge in [0.1, 0.15) is 4.90 Å². The van der Waals surface area contributed by atoms with Crippen molar-refractivity contribution >= 4 is 26.3 Å². The van der Waals surface area contributed by atoms with Gasteiger partial charge in [-0.1, -0.05) is 10.0 Å². The van der Waals surface area contributed by atoms with Crippen LogP contribution in [-0.4, -0.2) is 32.4 Å². The summed E-state index contributed by atoms with van der Waals surface area (Å²) in [6.45, 7) is 0. The van der Waals surface area contributed by atoms with E-state index in [0.29, 0.717) is 0 Å². The third kappa shape index (κ3) is 2.85. The van der Waals surface area contributed by atoms with Crippen LogP contribution in [0.4, 0.5) is 5.69 Å². The lowest BCUT2D eigenvalue weighted by Crippen LogP contribution is -2.00. The number of hydrogen-bond acceptors (Lipinski definition) is 4. The van der Waals surface area contributed by atoms with E-state index in [9.17, 15) is 16.8 Å². The molecule has 0 aromatic heterocycles. The van der Waals surface area contributed by atoms with Gasteiger partial charge in [-0.2, -0.15) is 8.42 Å².